The normalized spacial score (nSPS) is 12.7. The Balaban J connectivity index is 2.19. The Morgan fingerprint density at radius 3 is 2.62 bits per heavy atom. The molecule has 3 aromatic rings. The minimum atomic E-state index is -3.31. The molecule has 0 amide bonds. The molecule has 2 heterocycles. The fourth-order valence-electron chi connectivity index (χ4n) is 3.21. The first-order valence-electron chi connectivity index (χ1n) is 9.29. The minimum Gasteiger partial charge on any atom is -0.374 e. The van der Waals surface area contributed by atoms with Gasteiger partial charge in [0, 0.05) is 25.1 Å². The van der Waals surface area contributed by atoms with Crippen molar-refractivity contribution < 1.29 is 13.2 Å². The lowest BCUT2D eigenvalue weighted by atomic mass is 9.93. The number of rotatable bonds is 9. The first-order chi connectivity index (χ1) is 13.6. The predicted octanol–water partition coefficient (Wildman–Crippen LogP) is 3.09. The van der Waals surface area contributed by atoms with Crippen molar-refractivity contribution in [2.45, 2.75) is 33.9 Å². The van der Waals surface area contributed by atoms with Crippen molar-refractivity contribution in [3.63, 3.8) is 0 Å². The van der Waals surface area contributed by atoms with Gasteiger partial charge in [0.25, 0.3) is 0 Å². The number of nitroso groups, excluding NO2 is 1. The Bertz CT molecular complexity index is 1150. The molecular formula is C19H25N5O4S. The van der Waals surface area contributed by atoms with Crippen LogP contribution in [0.25, 0.3) is 21.9 Å². The molecule has 0 fully saturated rings. The van der Waals surface area contributed by atoms with Crippen LogP contribution in [0.3, 0.4) is 0 Å². The second-order valence-corrected chi connectivity index (χ2v) is 9.58. The molecule has 0 bridgehead atoms. The van der Waals surface area contributed by atoms with Crippen LogP contribution in [0.5, 0.6) is 0 Å². The van der Waals surface area contributed by atoms with Crippen molar-refractivity contribution in [3.8, 4) is 0 Å². The zero-order chi connectivity index (χ0) is 21.2. The maximum atomic E-state index is 11.6. The van der Waals surface area contributed by atoms with Gasteiger partial charge in [-0.1, -0.05) is 32.0 Å². The smallest absolute Gasteiger partial charge is 0.225 e. The molecule has 0 aliphatic rings. The number of nitrogens with zero attached hydrogens (tertiary/aromatic N) is 4. The van der Waals surface area contributed by atoms with E-state index >= 15 is 0 Å². The van der Waals surface area contributed by atoms with Crippen LogP contribution in [0, 0.1) is 10.3 Å². The molecule has 156 valence electrons. The van der Waals surface area contributed by atoms with E-state index in [9.17, 15) is 13.3 Å². The van der Waals surface area contributed by atoms with Crippen molar-refractivity contribution >= 4 is 37.8 Å². The lowest BCUT2D eigenvalue weighted by Gasteiger charge is -2.26. The maximum absolute atomic E-state index is 11.6. The summed E-state index contributed by atoms with van der Waals surface area (Å²) in [5.41, 5.74) is 1.37. The molecule has 0 saturated heterocycles. The Labute approximate surface area is 169 Å². The number of hydrogen-bond acceptors (Lipinski definition) is 7. The summed E-state index contributed by atoms with van der Waals surface area (Å²) in [5, 5.41) is 3.92. The number of hydrogen-bond donors (Lipinski definition) is 1. The molecular weight excluding hydrogens is 394 g/mol. The molecule has 29 heavy (non-hydrogen) atoms. The molecule has 1 aromatic carbocycles. The molecule has 0 atom stereocenters. The zero-order valence-electron chi connectivity index (χ0n) is 17.0. The Morgan fingerprint density at radius 2 is 1.97 bits per heavy atom. The van der Waals surface area contributed by atoms with Gasteiger partial charge in [-0.3, -0.25) is 0 Å². The highest BCUT2D eigenvalue weighted by atomic mass is 32.2. The van der Waals surface area contributed by atoms with Crippen LogP contribution in [0.4, 0.5) is 5.82 Å². The number of benzene rings is 1. The van der Waals surface area contributed by atoms with E-state index in [1.807, 2.05) is 49.6 Å². The van der Waals surface area contributed by atoms with Crippen LogP contribution in [0.15, 0.2) is 29.4 Å². The topological polar surface area (TPSA) is 116 Å². The van der Waals surface area contributed by atoms with Gasteiger partial charge >= 0.3 is 0 Å². The summed E-state index contributed by atoms with van der Waals surface area (Å²) < 4.78 is 33.2. The summed E-state index contributed by atoms with van der Waals surface area (Å²) >= 11 is 0. The van der Waals surface area contributed by atoms with Crippen molar-refractivity contribution in [1.29, 1.82) is 0 Å². The van der Waals surface area contributed by atoms with Crippen molar-refractivity contribution in [3.05, 3.63) is 35.0 Å². The molecule has 1 N–H and O–H groups in total. The number of sulfonamides is 1. The summed E-state index contributed by atoms with van der Waals surface area (Å²) in [6.45, 7) is 7.30. The van der Waals surface area contributed by atoms with E-state index in [4.69, 9.17) is 4.74 Å². The fraction of sp³-hybridized carbons (Fsp3) is 0.474. The molecule has 0 aliphatic heterocycles. The molecule has 0 spiro atoms. The third-order valence-electron chi connectivity index (χ3n) is 4.56. The highest BCUT2D eigenvalue weighted by Crippen LogP contribution is 2.33. The van der Waals surface area contributed by atoms with E-state index < -0.39 is 15.4 Å². The summed E-state index contributed by atoms with van der Waals surface area (Å²) in [6.07, 6.45) is 1.14. The standard InChI is InChI=1S/C19H25N5O4S/c1-5-28-10-15-22-16-17(13-8-6-7-9-14(13)21-18(16)23-25)24(15)12-19(2,3)11-20-29(4,26)27/h6-9,20H,5,10-12H2,1-4H3. The van der Waals surface area contributed by atoms with Crippen molar-refractivity contribution in [1.82, 2.24) is 19.3 Å². The number of para-hydroxylation sites is 1. The Kier molecular flexibility index (Phi) is 5.97. The Morgan fingerprint density at radius 1 is 1.24 bits per heavy atom. The van der Waals surface area contributed by atoms with Gasteiger partial charge in [-0.2, -0.15) is 0 Å². The quantitative estimate of drug-likeness (QED) is 0.533. The average molecular weight is 420 g/mol. The monoisotopic (exact) mass is 419 g/mol. The van der Waals surface area contributed by atoms with E-state index in [1.165, 1.54) is 0 Å². The van der Waals surface area contributed by atoms with Crippen LogP contribution in [0.1, 0.15) is 26.6 Å². The number of pyridine rings is 1. The highest BCUT2D eigenvalue weighted by molar-refractivity contribution is 7.88. The Hall–Kier alpha value is -2.43. The molecule has 2 aromatic heterocycles. The van der Waals surface area contributed by atoms with E-state index in [0.717, 1.165) is 17.2 Å². The predicted molar refractivity (Wildman–Crippen MR) is 112 cm³/mol. The van der Waals surface area contributed by atoms with Gasteiger partial charge in [0.05, 0.1) is 17.3 Å². The molecule has 3 rings (SSSR count). The lowest BCUT2D eigenvalue weighted by molar-refractivity contribution is 0.124. The summed E-state index contributed by atoms with van der Waals surface area (Å²) in [4.78, 5) is 20.4. The van der Waals surface area contributed by atoms with E-state index in [2.05, 4.69) is 19.9 Å². The second kappa shape index (κ2) is 8.13. The van der Waals surface area contributed by atoms with Crippen molar-refractivity contribution in [2.24, 2.45) is 10.6 Å². The summed E-state index contributed by atoms with van der Waals surface area (Å²) in [5.74, 6) is 0.666. The SMILES string of the molecule is CCOCc1nc2c(N=O)nc3ccccc3c2n1CC(C)(C)CNS(C)(=O)=O. The van der Waals surface area contributed by atoms with Crippen LogP contribution in [-0.2, 0) is 27.9 Å². The number of nitrogens with one attached hydrogen (secondary N) is 1. The van der Waals surface area contributed by atoms with Crippen LogP contribution >= 0.6 is 0 Å². The molecule has 10 heteroatoms. The third kappa shape index (κ3) is 4.77. The van der Waals surface area contributed by atoms with Gasteiger partial charge < -0.3 is 9.30 Å². The number of ether oxygens (including phenoxy) is 1. The molecule has 0 unspecified atom stereocenters. The first-order valence-corrected chi connectivity index (χ1v) is 11.2. The van der Waals surface area contributed by atoms with Gasteiger partial charge in [0.15, 0.2) is 0 Å². The number of imidazole rings is 1. The summed E-state index contributed by atoms with van der Waals surface area (Å²) in [6, 6.07) is 7.48. The average Bonchev–Trinajstić information content (AvgIpc) is 3.01. The van der Waals surface area contributed by atoms with Gasteiger partial charge in [-0.05, 0) is 23.6 Å². The van der Waals surface area contributed by atoms with Crippen LogP contribution in [0.2, 0.25) is 0 Å². The minimum absolute atomic E-state index is 0.0299. The van der Waals surface area contributed by atoms with Gasteiger partial charge in [0.1, 0.15) is 17.9 Å². The van der Waals surface area contributed by atoms with E-state index in [0.29, 0.717) is 30.0 Å². The molecule has 0 radical (unpaired) electrons. The maximum Gasteiger partial charge on any atom is 0.225 e. The first kappa shape index (κ1) is 21.3. The molecule has 9 nitrogen and oxygen atoms in total. The summed E-state index contributed by atoms with van der Waals surface area (Å²) in [7, 11) is -3.31. The van der Waals surface area contributed by atoms with Gasteiger partial charge in [0.2, 0.25) is 15.8 Å². The molecule has 0 aliphatic carbocycles. The lowest BCUT2D eigenvalue weighted by Crippen LogP contribution is -2.36. The van der Waals surface area contributed by atoms with Gasteiger partial charge in [-0.25, -0.2) is 23.1 Å². The zero-order valence-corrected chi connectivity index (χ0v) is 17.8. The third-order valence-corrected chi connectivity index (χ3v) is 5.23. The van der Waals surface area contributed by atoms with Crippen LogP contribution < -0.4 is 4.72 Å². The fourth-order valence-corrected chi connectivity index (χ4v) is 3.87. The van der Waals surface area contributed by atoms with E-state index in [1.54, 1.807) is 0 Å². The second-order valence-electron chi connectivity index (χ2n) is 7.75. The largest absolute Gasteiger partial charge is 0.374 e. The van der Waals surface area contributed by atoms with Crippen molar-refractivity contribution in [2.75, 3.05) is 19.4 Å². The van der Waals surface area contributed by atoms with Gasteiger partial charge in [-0.15, -0.1) is 4.91 Å². The highest BCUT2D eigenvalue weighted by Gasteiger charge is 2.26. The van der Waals surface area contributed by atoms with E-state index in [-0.39, 0.29) is 19.0 Å². The number of aromatic nitrogens is 3. The van der Waals surface area contributed by atoms with Crippen LogP contribution in [-0.4, -0.2) is 42.4 Å². The number of fused-ring (bicyclic) bond motifs is 3. The molecule has 0 saturated carbocycles.